The van der Waals surface area contributed by atoms with Crippen LogP contribution in [-0.2, 0) is 11.8 Å². The van der Waals surface area contributed by atoms with E-state index >= 15 is 0 Å². The zero-order chi connectivity index (χ0) is 12.1. The van der Waals surface area contributed by atoms with Gasteiger partial charge in [0, 0.05) is 7.05 Å². The van der Waals surface area contributed by atoms with Gasteiger partial charge in [-0.15, -0.1) is 0 Å². The van der Waals surface area contributed by atoms with Gasteiger partial charge in [0.05, 0.1) is 23.6 Å². The van der Waals surface area contributed by atoms with E-state index in [1.54, 1.807) is 4.68 Å². The van der Waals surface area contributed by atoms with Crippen LogP contribution in [0.2, 0.25) is 0 Å². The summed E-state index contributed by atoms with van der Waals surface area (Å²) in [5, 5.41) is 10.2. The van der Waals surface area contributed by atoms with Crippen LogP contribution in [0.25, 0.3) is 0 Å². The number of rotatable bonds is 5. The first-order chi connectivity index (χ1) is 7.56. The second-order valence-electron chi connectivity index (χ2n) is 3.89. The molecule has 0 spiro atoms. The lowest BCUT2D eigenvalue weighted by atomic mass is 10.3. The van der Waals surface area contributed by atoms with Crippen molar-refractivity contribution in [2.24, 2.45) is 7.05 Å². The van der Waals surface area contributed by atoms with Gasteiger partial charge in [0.2, 0.25) is 5.91 Å². The van der Waals surface area contributed by atoms with Crippen LogP contribution in [0.5, 0.6) is 0 Å². The molecule has 2 N–H and O–H groups in total. The van der Waals surface area contributed by atoms with Gasteiger partial charge in [-0.2, -0.15) is 5.10 Å². The number of hydrogen-bond acceptors (Lipinski definition) is 3. The number of nitrogens with zero attached hydrogens (tertiary/aromatic N) is 2. The maximum Gasteiger partial charge on any atom is 0.238 e. The van der Waals surface area contributed by atoms with Crippen LogP contribution in [-0.4, -0.2) is 28.8 Å². The Morgan fingerprint density at radius 2 is 2.12 bits per heavy atom. The van der Waals surface area contributed by atoms with E-state index in [1.165, 1.54) is 0 Å². The van der Waals surface area contributed by atoms with E-state index in [0.29, 0.717) is 6.54 Å². The molecule has 1 aromatic rings. The Morgan fingerprint density at radius 3 is 2.62 bits per heavy atom. The summed E-state index contributed by atoms with van der Waals surface area (Å²) in [6, 6.07) is 0. The van der Waals surface area contributed by atoms with Crippen molar-refractivity contribution in [1.29, 1.82) is 0 Å². The summed E-state index contributed by atoms with van der Waals surface area (Å²) in [6.07, 6.45) is 1.03. The number of aryl methyl sites for hydroxylation is 2. The van der Waals surface area contributed by atoms with Crippen molar-refractivity contribution >= 4 is 11.6 Å². The first-order valence-corrected chi connectivity index (χ1v) is 5.57. The Hall–Kier alpha value is -1.36. The van der Waals surface area contributed by atoms with E-state index in [9.17, 15) is 4.79 Å². The summed E-state index contributed by atoms with van der Waals surface area (Å²) in [7, 11) is 1.87. The lowest BCUT2D eigenvalue weighted by molar-refractivity contribution is -0.115. The number of nitrogens with one attached hydrogen (secondary N) is 2. The number of carbonyl (C=O) groups excluding carboxylic acids is 1. The van der Waals surface area contributed by atoms with E-state index in [0.717, 1.165) is 30.0 Å². The first kappa shape index (κ1) is 12.7. The number of hydrogen-bond donors (Lipinski definition) is 2. The molecule has 0 aromatic carbocycles. The van der Waals surface area contributed by atoms with Gasteiger partial charge in [0.15, 0.2) is 0 Å². The number of carbonyl (C=O) groups is 1. The van der Waals surface area contributed by atoms with Gasteiger partial charge in [-0.25, -0.2) is 0 Å². The van der Waals surface area contributed by atoms with E-state index < -0.39 is 0 Å². The standard InChI is InChI=1S/C11H20N4O/c1-5-6-12-7-10(16)13-11-8(2)14-15(4)9(11)3/h12H,5-7H2,1-4H3,(H,13,16). The molecule has 1 heterocycles. The molecular weight excluding hydrogens is 204 g/mol. The molecule has 0 atom stereocenters. The van der Waals surface area contributed by atoms with Gasteiger partial charge in [-0.3, -0.25) is 9.48 Å². The third-order valence-corrected chi connectivity index (χ3v) is 2.49. The molecule has 0 bridgehead atoms. The van der Waals surface area contributed by atoms with Gasteiger partial charge in [-0.1, -0.05) is 6.92 Å². The zero-order valence-electron chi connectivity index (χ0n) is 10.4. The van der Waals surface area contributed by atoms with Gasteiger partial charge < -0.3 is 10.6 Å². The molecule has 16 heavy (non-hydrogen) atoms. The highest BCUT2D eigenvalue weighted by atomic mass is 16.1. The minimum atomic E-state index is -0.0207. The lowest BCUT2D eigenvalue weighted by Crippen LogP contribution is -2.28. The minimum absolute atomic E-state index is 0.0207. The average Bonchev–Trinajstić information content (AvgIpc) is 2.46. The van der Waals surface area contributed by atoms with E-state index in [4.69, 9.17) is 0 Å². The molecule has 5 nitrogen and oxygen atoms in total. The van der Waals surface area contributed by atoms with Crippen molar-refractivity contribution in [3.63, 3.8) is 0 Å². The summed E-state index contributed by atoms with van der Waals surface area (Å²) in [4.78, 5) is 11.6. The monoisotopic (exact) mass is 224 g/mol. The Bertz CT molecular complexity index is 370. The zero-order valence-corrected chi connectivity index (χ0v) is 10.4. The van der Waals surface area contributed by atoms with Crippen molar-refractivity contribution in [3.8, 4) is 0 Å². The molecule has 0 aliphatic rings. The highest BCUT2D eigenvalue weighted by molar-refractivity contribution is 5.93. The van der Waals surface area contributed by atoms with Gasteiger partial charge in [-0.05, 0) is 26.8 Å². The van der Waals surface area contributed by atoms with Crippen molar-refractivity contribution in [2.75, 3.05) is 18.4 Å². The van der Waals surface area contributed by atoms with E-state index in [2.05, 4.69) is 22.7 Å². The van der Waals surface area contributed by atoms with Crippen LogP contribution < -0.4 is 10.6 Å². The number of aromatic nitrogens is 2. The Balaban J connectivity index is 2.56. The normalized spacial score (nSPS) is 10.5. The number of amides is 1. The molecule has 0 saturated carbocycles. The fourth-order valence-electron chi connectivity index (χ4n) is 1.52. The summed E-state index contributed by atoms with van der Waals surface area (Å²) in [5.41, 5.74) is 2.65. The molecule has 1 amide bonds. The molecule has 0 radical (unpaired) electrons. The number of anilines is 1. The highest BCUT2D eigenvalue weighted by Crippen LogP contribution is 2.17. The van der Waals surface area contributed by atoms with Crippen LogP contribution >= 0.6 is 0 Å². The molecule has 0 fully saturated rings. The van der Waals surface area contributed by atoms with E-state index in [1.807, 2.05) is 20.9 Å². The smallest absolute Gasteiger partial charge is 0.238 e. The molecule has 90 valence electrons. The average molecular weight is 224 g/mol. The maximum atomic E-state index is 11.6. The lowest BCUT2D eigenvalue weighted by Gasteiger charge is -2.06. The van der Waals surface area contributed by atoms with Crippen LogP contribution in [0.3, 0.4) is 0 Å². The third kappa shape index (κ3) is 3.06. The van der Waals surface area contributed by atoms with Gasteiger partial charge in [0.25, 0.3) is 0 Å². The first-order valence-electron chi connectivity index (χ1n) is 5.57. The van der Waals surface area contributed by atoms with Gasteiger partial charge >= 0.3 is 0 Å². The third-order valence-electron chi connectivity index (χ3n) is 2.49. The quantitative estimate of drug-likeness (QED) is 0.733. The Kier molecular flexibility index (Phi) is 4.49. The molecule has 5 heteroatoms. The van der Waals surface area contributed by atoms with Crippen molar-refractivity contribution in [3.05, 3.63) is 11.4 Å². The predicted molar refractivity (Wildman–Crippen MR) is 64.5 cm³/mol. The van der Waals surface area contributed by atoms with E-state index in [-0.39, 0.29) is 5.91 Å². The van der Waals surface area contributed by atoms with Gasteiger partial charge in [0.1, 0.15) is 0 Å². The SMILES string of the molecule is CCCNCC(=O)Nc1c(C)nn(C)c1C. The fraction of sp³-hybridized carbons (Fsp3) is 0.636. The predicted octanol–water partition coefficient (Wildman–Crippen LogP) is 0.975. The molecule has 0 unspecified atom stereocenters. The van der Waals surface area contributed by atoms with Crippen LogP contribution in [0.1, 0.15) is 24.7 Å². The molecular formula is C11H20N4O. The van der Waals surface area contributed by atoms with Crippen molar-refractivity contribution < 1.29 is 4.79 Å². The fourth-order valence-corrected chi connectivity index (χ4v) is 1.52. The summed E-state index contributed by atoms with van der Waals surface area (Å²) in [5.74, 6) is -0.0207. The molecule has 1 rings (SSSR count). The van der Waals surface area contributed by atoms with Crippen LogP contribution in [0.15, 0.2) is 0 Å². The largest absolute Gasteiger partial charge is 0.322 e. The molecule has 0 aliphatic carbocycles. The second-order valence-corrected chi connectivity index (χ2v) is 3.89. The maximum absolute atomic E-state index is 11.6. The molecule has 0 saturated heterocycles. The summed E-state index contributed by atoms with van der Waals surface area (Å²) >= 11 is 0. The topological polar surface area (TPSA) is 59.0 Å². The highest BCUT2D eigenvalue weighted by Gasteiger charge is 2.11. The van der Waals surface area contributed by atoms with Crippen LogP contribution in [0.4, 0.5) is 5.69 Å². The Labute approximate surface area is 96.2 Å². The van der Waals surface area contributed by atoms with Crippen molar-refractivity contribution in [2.45, 2.75) is 27.2 Å². The van der Waals surface area contributed by atoms with Crippen LogP contribution in [0, 0.1) is 13.8 Å². The summed E-state index contributed by atoms with van der Waals surface area (Å²) in [6.45, 7) is 7.11. The Morgan fingerprint density at radius 1 is 1.44 bits per heavy atom. The molecule has 0 aliphatic heterocycles. The van der Waals surface area contributed by atoms with Crippen molar-refractivity contribution in [1.82, 2.24) is 15.1 Å². The molecule has 1 aromatic heterocycles. The summed E-state index contributed by atoms with van der Waals surface area (Å²) < 4.78 is 1.77. The second kappa shape index (κ2) is 5.65. The minimum Gasteiger partial charge on any atom is -0.322 e.